The van der Waals surface area contributed by atoms with Crippen molar-refractivity contribution < 1.29 is 18.3 Å². The average Bonchev–Trinajstić information content (AvgIpc) is 2.97. The molecule has 16 heavy (non-hydrogen) atoms. The molecule has 0 aromatic rings. The van der Waals surface area contributed by atoms with Crippen LogP contribution in [-0.2, 0) is 18.3 Å². The van der Waals surface area contributed by atoms with Gasteiger partial charge in [-0.2, -0.15) is 0 Å². The first kappa shape index (κ1) is 16.3. The number of hydrogen-bond donors (Lipinski definition) is 0. The smallest absolute Gasteiger partial charge is 0.337 e. The lowest BCUT2D eigenvalue weighted by molar-refractivity contribution is 0.114. The van der Waals surface area contributed by atoms with Crippen LogP contribution in [0.4, 0.5) is 0 Å². The molecular weight excluding hydrogens is 240 g/mol. The molecule has 1 unspecified atom stereocenters. The van der Waals surface area contributed by atoms with E-state index in [-0.39, 0.29) is 11.0 Å². The summed E-state index contributed by atoms with van der Waals surface area (Å²) in [5.74, 6) is 0. The summed E-state index contributed by atoms with van der Waals surface area (Å²) in [4.78, 5) is 0. The zero-order chi connectivity index (χ0) is 11.1. The van der Waals surface area contributed by atoms with Crippen molar-refractivity contribution >= 4 is 19.5 Å². The highest BCUT2D eigenvalue weighted by Crippen LogP contribution is 2.14. The highest BCUT2D eigenvalue weighted by Gasteiger charge is 2.30. The second-order valence-electron chi connectivity index (χ2n) is 3.78. The maximum absolute atomic E-state index is 5.70. The van der Waals surface area contributed by atoms with Crippen molar-refractivity contribution in [3.63, 3.8) is 0 Å². The first-order valence-electron chi connectivity index (χ1n) is 5.67. The summed E-state index contributed by atoms with van der Waals surface area (Å²) in [6.45, 7) is 9.81. The first-order chi connectivity index (χ1) is 7.20. The standard InChI is InChI=1S/C10H22O4Si.H4Si/c1-4-13-15(3,14-5-2)7-6-11-8-10-9-12-10;/h10H,4-9H2,1-3H3;1H4. The normalized spacial score (nSPS) is 19.3. The summed E-state index contributed by atoms with van der Waals surface area (Å²) >= 11 is 0. The first-order valence-corrected chi connectivity index (χ1v) is 8.20. The number of epoxide rings is 1. The van der Waals surface area contributed by atoms with E-state index in [1.165, 1.54) is 0 Å². The van der Waals surface area contributed by atoms with Gasteiger partial charge in [-0.3, -0.25) is 0 Å². The Morgan fingerprint density at radius 1 is 1.25 bits per heavy atom. The third-order valence-electron chi connectivity index (χ3n) is 2.31. The van der Waals surface area contributed by atoms with Crippen molar-refractivity contribution in [2.24, 2.45) is 0 Å². The summed E-state index contributed by atoms with van der Waals surface area (Å²) < 4.78 is 22.0. The van der Waals surface area contributed by atoms with Crippen molar-refractivity contribution in [2.45, 2.75) is 32.5 Å². The molecule has 1 saturated heterocycles. The fourth-order valence-electron chi connectivity index (χ4n) is 1.43. The van der Waals surface area contributed by atoms with Gasteiger partial charge < -0.3 is 18.3 Å². The Bertz CT molecular complexity index is 170. The molecule has 0 N–H and O–H groups in total. The van der Waals surface area contributed by atoms with Crippen LogP contribution in [0.25, 0.3) is 0 Å². The number of hydrogen-bond acceptors (Lipinski definition) is 4. The quantitative estimate of drug-likeness (QED) is 0.337. The second-order valence-corrected chi connectivity index (χ2v) is 7.13. The van der Waals surface area contributed by atoms with Gasteiger partial charge in [0.2, 0.25) is 0 Å². The van der Waals surface area contributed by atoms with Gasteiger partial charge in [-0.05, 0) is 31.4 Å². The molecule has 1 aliphatic rings. The Morgan fingerprint density at radius 2 is 1.81 bits per heavy atom. The molecule has 1 fully saturated rings. The Hall–Kier alpha value is 0.274. The van der Waals surface area contributed by atoms with Crippen LogP contribution in [0, 0.1) is 0 Å². The minimum atomic E-state index is -1.97. The topological polar surface area (TPSA) is 40.2 Å². The molecule has 0 amide bonds. The largest absolute Gasteiger partial charge is 0.395 e. The Morgan fingerprint density at radius 3 is 2.25 bits per heavy atom. The molecule has 0 aromatic heterocycles. The lowest BCUT2D eigenvalue weighted by atomic mass is 10.5. The van der Waals surface area contributed by atoms with Crippen LogP contribution in [0.3, 0.4) is 0 Å². The molecule has 0 saturated carbocycles. The van der Waals surface area contributed by atoms with Crippen LogP contribution in [0.1, 0.15) is 13.8 Å². The van der Waals surface area contributed by atoms with Gasteiger partial charge in [0.05, 0.1) is 13.2 Å². The minimum Gasteiger partial charge on any atom is -0.395 e. The lowest BCUT2D eigenvalue weighted by Gasteiger charge is -2.25. The molecular formula is C10H26O4Si2. The average molecular weight is 266 g/mol. The van der Waals surface area contributed by atoms with E-state index in [2.05, 4.69) is 6.55 Å². The zero-order valence-corrected chi connectivity index (χ0v) is 11.0. The molecule has 1 aliphatic heterocycles. The minimum absolute atomic E-state index is 0. The van der Waals surface area contributed by atoms with Gasteiger partial charge in [-0.25, -0.2) is 0 Å². The third-order valence-corrected chi connectivity index (χ3v) is 5.22. The molecule has 0 radical (unpaired) electrons. The van der Waals surface area contributed by atoms with Gasteiger partial charge in [-0.15, -0.1) is 0 Å². The van der Waals surface area contributed by atoms with E-state index >= 15 is 0 Å². The molecule has 0 spiro atoms. The van der Waals surface area contributed by atoms with Gasteiger partial charge in [0.1, 0.15) is 6.10 Å². The summed E-state index contributed by atoms with van der Waals surface area (Å²) in [6.07, 6.45) is 0.345. The van der Waals surface area contributed by atoms with E-state index in [1.54, 1.807) is 0 Å². The zero-order valence-electron chi connectivity index (χ0n) is 9.95. The summed E-state index contributed by atoms with van der Waals surface area (Å²) in [5, 5.41) is 0. The predicted molar refractivity (Wildman–Crippen MR) is 71.6 cm³/mol. The van der Waals surface area contributed by atoms with Crippen molar-refractivity contribution in [3.05, 3.63) is 0 Å². The van der Waals surface area contributed by atoms with Crippen molar-refractivity contribution in [2.75, 3.05) is 33.0 Å². The van der Waals surface area contributed by atoms with E-state index in [0.29, 0.717) is 32.5 Å². The van der Waals surface area contributed by atoms with Crippen LogP contribution in [0.2, 0.25) is 12.6 Å². The molecule has 0 bridgehead atoms. The predicted octanol–water partition coefficient (Wildman–Crippen LogP) is 0.0952. The van der Waals surface area contributed by atoms with Gasteiger partial charge in [0, 0.05) is 25.9 Å². The van der Waals surface area contributed by atoms with Crippen LogP contribution in [-0.4, -0.2) is 58.7 Å². The molecule has 1 heterocycles. The monoisotopic (exact) mass is 266 g/mol. The van der Waals surface area contributed by atoms with E-state index in [9.17, 15) is 0 Å². The van der Waals surface area contributed by atoms with E-state index in [1.807, 2.05) is 13.8 Å². The SMILES string of the molecule is CCO[Si](C)(CCOCC1CO1)OCC.[SiH4]. The van der Waals surface area contributed by atoms with Crippen molar-refractivity contribution in [1.82, 2.24) is 0 Å². The summed E-state index contributed by atoms with van der Waals surface area (Å²) in [6, 6.07) is 0.890. The van der Waals surface area contributed by atoms with Crippen molar-refractivity contribution in [3.8, 4) is 0 Å². The Kier molecular flexibility index (Phi) is 8.52. The van der Waals surface area contributed by atoms with Crippen LogP contribution >= 0.6 is 0 Å². The molecule has 0 aliphatic carbocycles. The van der Waals surface area contributed by atoms with Crippen LogP contribution in [0.15, 0.2) is 0 Å². The summed E-state index contributed by atoms with van der Waals surface area (Å²) in [5.41, 5.74) is 0. The van der Waals surface area contributed by atoms with Gasteiger partial charge >= 0.3 is 8.56 Å². The number of ether oxygens (including phenoxy) is 2. The fraction of sp³-hybridized carbons (Fsp3) is 1.00. The van der Waals surface area contributed by atoms with Gasteiger partial charge in [-0.1, -0.05) is 0 Å². The number of rotatable bonds is 9. The maximum atomic E-state index is 5.70. The van der Waals surface area contributed by atoms with Crippen LogP contribution in [0.5, 0.6) is 0 Å². The molecule has 4 nitrogen and oxygen atoms in total. The molecule has 1 atom stereocenters. The third kappa shape index (κ3) is 6.77. The van der Waals surface area contributed by atoms with Crippen LogP contribution < -0.4 is 0 Å². The molecule has 0 aromatic carbocycles. The highest BCUT2D eigenvalue weighted by atomic mass is 28.4. The van der Waals surface area contributed by atoms with Crippen molar-refractivity contribution in [1.29, 1.82) is 0 Å². The van der Waals surface area contributed by atoms with E-state index < -0.39 is 8.56 Å². The molecule has 98 valence electrons. The Labute approximate surface area is 104 Å². The molecule has 6 heteroatoms. The van der Waals surface area contributed by atoms with E-state index in [0.717, 1.165) is 12.7 Å². The maximum Gasteiger partial charge on any atom is 0.337 e. The second kappa shape index (κ2) is 8.38. The van der Waals surface area contributed by atoms with Gasteiger partial charge in [0.15, 0.2) is 0 Å². The lowest BCUT2D eigenvalue weighted by Crippen LogP contribution is -2.39. The highest BCUT2D eigenvalue weighted by molar-refractivity contribution is 6.66. The fourth-order valence-corrected chi connectivity index (χ4v) is 3.54. The molecule has 1 rings (SSSR count). The van der Waals surface area contributed by atoms with E-state index in [4.69, 9.17) is 18.3 Å². The van der Waals surface area contributed by atoms with Gasteiger partial charge in [0.25, 0.3) is 0 Å². The summed E-state index contributed by atoms with van der Waals surface area (Å²) in [7, 11) is -1.97. The Balaban J connectivity index is 0.00000225.